The number of amides is 2. The van der Waals surface area contributed by atoms with Crippen molar-refractivity contribution >= 4 is 68.6 Å². The van der Waals surface area contributed by atoms with Crippen molar-refractivity contribution in [2.75, 3.05) is 6.54 Å². The molecule has 2 aromatic rings. The zero-order valence-corrected chi connectivity index (χ0v) is 21.9. The Kier molecular flexibility index (Phi) is 10.1. The highest BCUT2D eigenvalue weighted by Crippen LogP contribution is 2.42. The Morgan fingerprint density at radius 1 is 1.00 bits per heavy atom. The van der Waals surface area contributed by atoms with Crippen LogP contribution in [-0.2, 0) is 4.79 Å². The van der Waals surface area contributed by atoms with Gasteiger partial charge in [-0.05, 0) is 58.2 Å². The second-order valence-electron chi connectivity index (χ2n) is 7.43. The van der Waals surface area contributed by atoms with E-state index in [0.29, 0.717) is 0 Å². The molecule has 0 aromatic heterocycles. The first-order chi connectivity index (χ1) is 16.5. The van der Waals surface area contributed by atoms with Crippen LogP contribution in [0.2, 0.25) is 15.1 Å². The Hall–Kier alpha value is -1.95. The van der Waals surface area contributed by atoms with E-state index in [9.17, 15) is 35.9 Å². The van der Waals surface area contributed by atoms with Crippen LogP contribution in [0.25, 0.3) is 6.08 Å². The molecule has 0 aliphatic carbocycles. The maximum atomic E-state index is 13.7. The topological polar surface area (TPSA) is 58.2 Å². The second-order valence-corrected chi connectivity index (χ2v) is 9.51. The molecule has 0 bridgehead atoms. The molecule has 2 atom stereocenters. The van der Waals surface area contributed by atoms with Crippen LogP contribution in [0.15, 0.2) is 40.9 Å². The fourth-order valence-electron chi connectivity index (χ4n) is 2.87. The average molecular weight is 641 g/mol. The van der Waals surface area contributed by atoms with Gasteiger partial charge in [0.1, 0.15) is 12.6 Å². The molecule has 0 saturated carbocycles. The molecule has 0 saturated heterocycles. The molecule has 2 N–H and O–H groups in total. The molecule has 2 aromatic carbocycles. The van der Waals surface area contributed by atoms with Gasteiger partial charge in [-0.2, -0.15) is 26.3 Å². The highest BCUT2D eigenvalue weighted by Gasteiger charge is 2.40. The number of benzene rings is 2. The van der Waals surface area contributed by atoms with E-state index < -0.39 is 42.7 Å². The zero-order valence-electron chi connectivity index (χ0n) is 18.0. The molecule has 0 aliphatic rings. The molecular formula is C22H16BrCl3F6N2O2. The molecule has 14 heteroatoms. The van der Waals surface area contributed by atoms with Crippen LogP contribution in [0.3, 0.4) is 0 Å². The molecular weight excluding hydrogens is 625 g/mol. The van der Waals surface area contributed by atoms with Crippen LogP contribution in [-0.4, -0.2) is 36.8 Å². The second kappa shape index (κ2) is 12.1. The van der Waals surface area contributed by atoms with Crippen molar-refractivity contribution in [1.82, 2.24) is 10.6 Å². The Bertz CT molecular complexity index is 1170. The summed E-state index contributed by atoms with van der Waals surface area (Å²) in [5, 5.41) is 3.57. The average Bonchev–Trinajstić information content (AvgIpc) is 2.74. The molecule has 0 aliphatic heterocycles. The van der Waals surface area contributed by atoms with Crippen LogP contribution in [0.4, 0.5) is 26.3 Å². The van der Waals surface area contributed by atoms with E-state index in [-0.39, 0.29) is 36.2 Å². The summed E-state index contributed by atoms with van der Waals surface area (Å²) in [6.07, 6.45) is -7.30. The SMILES string of the molecule is CC(NC(=O)c1ccc(C=CC(c2cc(Cl)c(Cl)cc2Cl)C(F)(F)F)cc1Br)C(=O)NCC(F)(F)F. The highest BCUT2D eigenvalue weighted by molar-refractivity contribution is 9.10. The summed E-state index contributed by atoms with van der Waals surface area (Å²) in [6, 6.07) is 4.83. The zero-order chi connectivity index (χ0) is 27.4. The van der Waals surface area contributed by atoms with E-state index in [1.54, 1.807) is 5.32 Å². The van der Waals surface area contributed by atoms with Gasteiger partial charge in [-0.3, -0.25) is 9.59 Å². The molecule has 0 radical (unpaired) electrons. The molecule has 196 valence electrons. The van der Waals surface area contributed by atoms with Gasteiger partial charge in [0, 0.05) is 9.50 Å². The van der Waals surface area contributed by atoms with Crippen LogP contribution in [0, 0.1) is 0 Å². The largest absolute Gasteiger partial charge is 0.405 e. The standard InChI is InChI=1S/C22H16BrCl3F6N2O2/c1-10(19(35)33-9-21(27,28)29)34-20(36)12-4-2-11(6-15(12)23)3-5-14(22(30,31)32)13-7-17(25)18(26)8-16(13)24/h2-8,10,14H,9H2,1H3,(H,33,35)(H,34,36). The molecule has 4 nitrogen and oxygen atoms in total. The van der Waals surface area contributed by atoms with Crippen molar-refractivity contribution in [1.29, 1.82) is 0 Å². The first-order valence-corrected chi connectivity index (χ1v) is 11.8. The first kappa shape index (κ1) is 30.3. The number of halogens is 10. The molecule has 2 rings (SSSR count). The highest BCUT2D eigenvalue weighted by atomic mass is 79.9. The Balaban J connectivity index is 2.20. The summed E-state index contributed by atoms with van der Waals surface area (Å²) >= 11 is 20.7. The smallest absolute Gasteiger partial charge is 0.345 e. The van der Waals surface area contributed by atoms with Crippen LogP contribution >= 0.6 is 50.7 Å². The van der Waals surface area contributed by atoms with Gasteiger partial charge in [-0.25, -0.2) is 0 Å². The van der Waals surface area contributed by atoms with E-state index in [2.05, 4.69) is 21.2 Å². The fourth-order valence-corrected chi connectivity index (χ4v) is 4.12. The summed E-state index contributed by atoms with van der Waals surface area (Å²) in [6.45, 7) is -0.358. The summed E-state index contributed by atoms with van der Waals surface area (Å²) in [5.74, 6) is -3.95. The number of carbonyl (C=O) groups excluding carboxylic acids is 2. The summed E-state index contributed by atoms with van der Waals surface area (Å²) < 4.78 is 78.1. The van der Waals surface area contributed by atoms with Gasteiger partial charge in [0.15, 0.2) is 0 Å². The van der Waals surface area contributed by atoms with Crippen molar-refractivity contribution in [3.8, 4) is 0 Å². The number of hydrogen-bond donors (Lipinski definition) is 2. The number of carbonyl (C=O) groups is 2. The number of alkyl halides is 6. The molecule has 0 heterocycles. The third kappa shape index (κ3) is 8.57. The lowest BCUT2D eigenvalue weighted by Crippen LogP contribution is -2.47. The van der Waals surface area contributed by atoms with Gasteiger partial charge >= 0.3 is 12.4 Å². The van der Waals surface area contributed by atoms with Crippen molar-refractivity contribution in [3.63, 3.8) is 0 Å². The molecule has 2 amide bonds. The maximum absolute atomic E-state index is 13.7. The Morgan fingerprint density at radius 3 is 2.17 bits per heavy atom. The predicted molar refractivity (Wildman–Crippen MR) is 129 cm³/mol. The molecule has 36 heavy (non-hydrogen) atoms. The van der Waals surface area contributed by atoms with Crippen LogP contribution in [0.1, 0.15) is 34.3 Å². The maximum Gasteiger partial charge on any atom is 0.405 e. The normalized spacial score (nSPS) is 14.0. The fraction of sp³-hybridized carbons (Fsp3) is 0.273. The minimum Gasteiger partial charge on any atom is -0.345 e. The van der Waals surface area contributed by atoms with Crippen molar-refractivity contribution < 1.29 is 35.9 Å². The van der Waals surface area contributed by atoms with E-state index in [1.807, 2.05) is 0 Å². The van der Waals surface area contributed by atoms with Crippen molar-refractivity contribution in [3.05, 3.63) is 72.6 Å². The van der Waals surface area contributed by atoms with Crippen LogP contribution < -0.4 is 10.6 Å². The number of rotatable bonds is 7. The monoisotopic (exact) mass is 638 g/mol. The van der Waals surface area contributed by atoms with Gasteiger partial charge in [0.25, 0.3) is 5.91 Å². The van der Waals surface area contributed by atoms with E-state index in [0.717, 1.165) is 24.3 Å². The first-order valence-electron chi connectivity index (χ1n) is 9.84. The van der Waals surface area contributed by atoms with Gasteiger partial charge in [0.05, 0.1) is 21.5 Å². The van der Waals surface area contributed by atoms with E-state index >= 15 is 0 Å². The predicted octanol–water partition coefficient (Wildman–Crippen LogP) is 7.57. The van der Waals surface area contributed by atoms with Gasteiger partial charge < -0.3 is 10.6 Å². The third-order valence-corrected chi connectivity index (χ3v) is 6.36. The molecule has 0 fully saturated rings. The number of allylic oxidation sites excluding steroid dienone is 1. The van der Waals surface area contributed by atoms with E-state index in [1.165, 1.54) is 25.1 Å². The van der Waals surface area contributed by atoms with Crippen molar-refractivity contribution in [2.24, 2.45) is 0 Å². The third-order valence-electron chi connectivity index (χ3n) is 4.65. The summed E-state index contributed by atoms with van der Waals surface area (Å²) in [4.78, 5) is 24.2. The minimum atomic E-state index is -4.71. The Labute approximate surface area is 225 Å². The lowest BCUT2D eigenvalue weighted by Gasteiger charge is -2.19. The quantitative estimate of drug-likeness (QED) is 0.243. The lowest BCUT2D eigenvalue weighted by molar-refractivity contribution is -0.139. The number of hydrogen-bond acceptors (Lipinski definition) is 2. The summed E-state index contributed by atoms with van der Waals surface area (Å²) in [5.41, 5.74) is -0.0231. The molecule has 2 unspecified atom stereocenters. The van der Waals surface area contributed by atoms with Crippen molar-refractivity contribution in [2.45, 2.75) is 31.2 Å². The van der Waals surface area contributed by atoms with Gasteiger partial charge in [-0.15, -0.1) is 0 Å². The molecule has 0 spiro atoms. The lowest BCUT2D eigenvalue weighted by atomic mass is 9.96. The van der Waals surface area contributed by atoms with Gasteiger partial charge in [0.2, 0.25) is 5.91 Å². The minimum absolute atomic E-state index is 0.000248. The van der Waals surface area contributed by atoms with E-state index in [4.69, 9.17) is 34.8 Å². The van der Waals surface area contributed by atoms with Gasteiger partial charge in [-0.1, -0.05) is 53.0 Å². The number of nitrogens with one attached hydrogen (secondary N) is 2. The summed E-state index contributed by atoms with van der Waals surface area (Å²) in [7, 11) is 0. The Morgan fingerprint density at radius 2 is 1.61 bits per heavy atom. The van der Waals surface area contributed by atoms with Crippen LogP contribution in [0.5, 0.6) is 0 Å².